The van der Waals surface area contributed by atoms with Crippen LogP contribution in [-0.4, -0.2) is 28.4 Å². The van der Waals surface area contributed by atoms with Crippen molar-refractivity contribution in [2.45, 2.75) is 32.8 Å². The van der Waals surface area contributed by atoms with Gasteiger partial charge < -0.3 is 10.2 Å². The third-order valence-electron chi connectivity index (χ3n) is 6.09. The van der Waals surface area contributed by atoms with E-state index in [2.05, 4.69) is 0 Å². The standard InChI is InChI=1S/C26H24O4/c1-15-9-24(29)18(13-27)11-22(15)20-7-3-5-17-6-4-8-21(26(17)20)23-12-19(14-28)25(30)10-16(23)2/h3-8,11-15,25,27,30H,9-10H2,1-2H3. The zero-order chi connectivity index (χ0) is 21.4. The van der Waals surface area contributed by atoms with E-state index < -0.39 is 6.10 Å². The molecule has 4 nitrogen and oxygen atoms in total. The Morgan fingerprint density at radius 1 is 1.03 bits per heavy atom. The Morgan fingerprint density at radius 3 is 2.40 bits per heavy atom. The van der Waals surface area contributed by atoms with Crippen LogP contribution in [0.5, 0.6) is 0 Å². The van der Waals surface area contributed by atoms with E-state index in [1.165, 1.54) is 0 Å². The van der Waals surface area contributed by atoms with Crippen LogP contribution in [0.4, 0.5) is 0 Å². The van der Waals surface area contributed by atoms with Crippen molar-refractivity contribution in [2.75, 3.05) is 0 Å². The summed E-state index contributed by atoms with van der Waals surface area (Å²) in [6.07, 6.45) is 5.16. The molecule has 0 heterocycles. The topological polar surface area (TPSA) is 74.6 Å². The van der Waals surface area contributed by atoms with Crippen LogP contribution >= 0.6 is 0 Å². The first-order valence-electron chi connectivity index (χ1n) is 10.1. The maximum atomic E-state index is 12.2. The van der Waals surface area contributed by atoms with Crippen LogP contribution in [0, 0.1) is 5.92 Å². The van der Waals surface area contributed by atoms with E-state index >= 15 is 0 Å². The molecule has 2 aromatic rings. The van der Waals surface area contributed by atoms with Gasteiger partial charge in [-0.1, -0.05) is 48.9 Å². The van der Waals surface area contributed by atoms with E-state index in [9.17, 15) is 19.8 Å². The average molecular weight is 400 g/mol. The first kappa shape index (κ1) is 20.0. The molecule has 0 saturated heterocycles. The highest BCUT2D eigenvalue weighted by molar-refractivity contribution is 6.08. The molecular weight excluding hydrogens is 376 g/mol. The number of allylic oxidation sites excluding steroid dienone is 5. The largest absolute Gasteiger partial charge is 0.515 e. The van der Waals surface area contributed by atoms with Crippen molar-refractivity contribution in [3.63, 3.8) is 0 Å². The second-order valence-electron chi connectivity index (χ2n) is 8.10. The third kappa shape index (κ3) is 3.33. The van der Waals surface area contributed by atoms with Crippen LogP contribution in [0.3, 0.4) is 0 Å². The Labute approximate surface area is 175 Å². The molecule has 152 valence electrons. The van der Waals surface area contributed by atoms with Gasteiger partial charge in [0.25, 0.3) is 0 Å². The number of carbonyl (C=O) groups is 2. The molecule has 2 aliphatic rings. The molecular formula is C26H24O4. The number of ketones is 1. The van der Waals surface area contributed by atoms with Gasteiger partial charge in [-0.25, -0.2) is 0 Å². The van der Waals surface area contributed by atoms with E-state index in [0.29, 0.717) is 24.0 Å². The molecule has 0 radical (unpaired) electrons. The smallest absolute Gasteiger partial charge is 0.166 e. The normalized spacial score (nSPS) is 23.6. The number of Topliss-reactive ketones (excluding diaryl/α,β-unsaturated/α-hetero) is 1. The van der Waals surface area contributed by atoms with Crippen molar-refractivity contribution in [3.05, 3.63) is 82.7 Å². The summed E-state index contributed by atoms with van der Waals surface area (Å²) < 4.78 is 0. The summed E-state index contributed by atoms with van der Waals surface area (Å²) in [5, 5.41) is 21.8. The number of aliphatic hydroxyl groups excluding tert-OH is 2. The molecule has 2 aliphatic carbocycles. The predicted molar refractivity (Wildman–Crippen MR) is 119 cm³/mol. The minimum atomic E-state index is -0.773. The lowest BCUT2D eigenvalue weighted by atomic mass is 9.79. The summed E-state index contributed by atoms with van der Waals surface area (Å²) >= 11 is 0. The predicted octanol–water partition coefficient (Wildman–Crippen LogP) is 4.94. The lowest BCUT2D eigenvalue weighted by molar-refractivity contribution is -0.116. The first-order chi connectivity index (χ1) is 14.4. The number of benzene rings is 2. The van der Waals surface area contributed by atoms with Gasteiger partial charge in [-0.05, 0) is 64.5 Å². The number of carbonyl (C=O) groups excluding carboxylic acids is 2. The number of hydrogen-bond donors (Lipinski definition) is 2. The van der Waals surface area contributed by atoms with Crippen molar-refractivity contribution in [2.24, 2.45) is 5.92 Å². The molecule has 2 aromatic carbocycles. The van der Waals surface area contributed by atoms with Gasteiger partial charge in [-0.15, -0.1) is 0 Å². The summed E-state index contributed by atoms with van der Waals surface area (Å²) in [6, 6.07) is 12.1. The minimum absolute atomic E-state index is 0.0178. The zero-order valence-corrected chi connectivity index (χ0v) is 17.1. The van der Waals surface area contributed by atoms with Gasteiger partial charge >= 0.3 is 0 Å². The second-order valence-corrected chi connectivity index (χ2v) is 8.10. The van der Waals surface area contributed by atoms with Crippen LogP contribution < -0.4 is 0 Å². The Balaban J connectivity index is 2.00. The average Bonchev–Trinajstić information content (AvgIpc) is 2.73. The molecule has 0 fully saturated rings. The van der Waals surface area contributed by atoms with E-state index in [-0.39, 0.29) is 11.7 Å². The van der Waals surface area contributed by atoms with Gasteiger partial charge in [-0.3, -0.25) is 9.59 Å². The van der Waals surface area contributed by atoms with E-state index in [1.807, 2.05) is 50.2 Å². The lowest BCUT2D eigenvalue weighted by Gasteiger charge is -2.25. The summed E-state index contributed by atoms with van der Waals surface area (Å²) in [5.41, 5.74) is 5.66. The molecule has 0 aromatic heterocycles. The SMILES string of the molecule is CC1=C(c2cccc3cccc(C4=CC(=CO)C(=O)CC4C)c23)C=C(C=O)C(O)C1. The Kier molecular flexibility index (Phi) is 5.27. The maximum absolute atomic E-state index is 12.2. The summed E-state index contributed by atoms with van der Waals surface area (Å²) in [6.45, 7) is 4.00. The molecule has 2 atom stereocenters. The minimum Gasteiger partial charge on any atom is -0.515 e. The zero-order valence-electron chi connectivity index (χ0n) is 17.1. The van der Waals surface area contributed by atoms with Crippen molar-refractivity contribution in [1.82, 2.24) is 0 Å². The Morgan fingerprint density at radius 2 is 1.73 bits per heavy atom. The van der Waals surface area contributed by atoms with Gasteiger partial charge in [0.2, 0.25) is 0 Å². The van der Waals surface area contributed by atoms with Crippen molar-refractivity contribution in [1.29, 1.82) is 0 Å². The maximum Gasteiger partial charge on any atom is 0.166 e. The van der Waals surface area contributed by atoms with Gasteiger partial charge in [0.15, 0.2) is 5.78 Å². The second kappa shape index (κ2) is 7.88. The van der Waals surface area contributed by atoms with E-state index in [0.717, 1.165) is 51.2 Å². The molecule has 2 unspecified atom stereocenters. The van der Waals surface area contributed by atoms with Gasteiger partial charge in [0, 0.05) is 12.0 Å². The van der Waals surface area contributed by atoms with Crippen LogP contribution in [0.1, 0.15) is 37.8 Å². The number of aliphatic hydroxyl groups is 2. The Hall–Kier alpha value is -3.24. The third-order valence-corrected chi connectivity index (χ3v) is 6.09. The summed E-state index contributed by atoms with van der Waals surface area (Å²) in [5.74, 6) is -0.0446. The number of rotatable bonds is 3. The molecule has 0 bridgehead atoms. The molecule has 0 aliphatic heterocycles. The van der Waals surface area contributed by atoms with Gasteiger partial charge in [0.1, 0.15) is 6.29 Å². The molecule has 4 rings (SSSR count). The highest BCUT2D eigenvalue weighted by Gasteiger charge is 2.26. The summed E-state index contributed by atoms with van der Waals surface area (Å²) in [7, 11) is 0. The molecule has 0 amide bonds. The fourth-order valence-electron chi connectivity index (χ4n) is 4.48. The van der Waals surface area contributed by atoms with E-state index in [4.69, 9.17) is 0 Å². The molecule has 30 heavy (non-hydrogen) atoms. The molecule has 4 heteroatoms. The highest BCUT2D eigenvalue weighted by Crippen LogP contribution is 2.41. The highest BCUT2D eigenvalue weighted by atomic mass is 16.3. The van der Waals surface area contributed by atoms with Crippen molar-refractivity contribution < 1.29 is 19.8 Å². The Bertz CT molecular complexity index is 1170. The van der Waals surface area contributed by atoms with E-state index in [1.54, 1.807) is 12.2 Å². The number of hydrogen-bond acceptors (Lipinski definition) is 4. The van der Waals surface area contributed by atoms with Gasteiger partial charge in [0.05, 0.1) is 17.9 Å². The number of fused-ring (bicyclic) bond motifs is 1. The van der Waals surface area contributed by atoms with Crippen LogP contribution in [0.2, 0.25) is 0 Å². The van der Waals surface area contributed by atoms with Crippen LogP contribution in [-0.2, 0) is 9.59 Å². The quantitative estimate of drug-likeness (QED) is 0.435. The lowest BCUT2D eigenvalue weighted by Crippen LogP contribution is -2.17. The molecule has 2 N–H and O–H groups in total. The molecule has 0 saturated carbocycles. The summed E-state index contributed by atoms with van der Waals surface area (Å²) in [4.78, 5) is 23.6. The van der Waals surface area contributed by atoms with Crippen LogP contribution in [0.15, 0.2) is 71.5 Å². The fourth-order valence-corrected chi connectivity index (χ4v) is 4.48. The fraction of sp³-hybridized carbons (Fsp3) is 0.231. The van der Waals surface area contributed by atoms with Crippen molar-refractivity contribution in [3.8, 4) is 0 Å². The van der Waals surface area contributed by atoms with Crippen LogP contribution in [0.25, 0.3) is 21.9 Å². The number of aldehydes is 1. The van der Waals surface area contributed by atoms with Gasteiger partial charge in [-0.2, -0.15) is 0 Å². The van der Waals surface area contributed by atoms with Crippen molar-refractivity contribution >= 4 is 34.0 Å². The monoisotopic (exact) mass is 400 g/mol. The first-order valence-corrected chi connectivity index (χ1v) is 10.1. The molecule has 0 spiro atoms.